The second-order valence-electron chi connectivity index (χ2n) is 3.73. The molecular formula is C11H19N. The third-order valence-electron chi connectivity index (χ3n) is 1.16. The molecule has 12 heavy (non-hydrogen) atoms. The molecule has 0 amide bonds. The van der Waals surface area contributed by atoms with Crippen LogP contribution in [0.1, 0.15) is 27.7 Å². The minimum absolute atomic E-state index is 0.114. The zero-order valence-corrected chi connectivity index (χ0v) is 8.57. The summed E-state index contributed by atoms with van der Waals surface area (Å²) in [6.07, 6.45) is 3.95. The highest BCUT2D eigenvalue weighted by atomic mass is 14.8. The Morgan fingerprint density at radius 2 is 2.00 bits per heavy atom. The van der Waals surface area contributed by atoms with Gasteiger partial charge in [0.25, 0.3) is 0 Å². The van der Waals surface area contributed by atoms with Gasteiger partial charge in [-0.1, -0.05) is 24.8 Å². The predicted octanol–water partition coefficient (Wildman–Crippen LogP) is 2.20. The van der Waals surface area contributed by atoms with Crippen LogP contribution in [0.25, 0.3) is 0 Å². The first-order chi connectivity index (χ1) is 5.56. The summed E-state index contributed by atoms with van der Waals surface area (Å²) in [5, 5.41) is 3.19. The molecule has 0 spiro atoms. The largest absolute Gasteiger partial charge is 0.314 e. The second kappa shape index (κ2) is 5.85. The number of likely N-dealkylation sites (N-methyl/N-ethyl adjacent to an activating group) is 1. The zero-order chi connectivity index (χ0) is 9.45. The highest BCUT2D eigenvalue weighted by Crippen LogP contribution is 2.09. The van der Waals surface area contributed by atoms with Crippen LogP contribution in [0.4, 0.5) is 0 Å². The molecule has 0 aliphatic carbocycles. The molecule has 0 aromatic rings. The molecule has 1 N–H and O–H groups in total. The molecular weight excluding hydrogens is 146 g/mol. The molecule has 0 bridgehead atoms. The predicted molar refractivity (Wildman–Crippen MR) is 54.9 cm³/mol. The number of hydrogen-bond donors (Lipinski definition) is 1. The van der Waals surface area contributed by atoms with Gasteiger partial charge in [-0.15, -0.1) is 0 Å². The molecule has 0 rings (SSSR count). The standard InChI is InChI=1S/C11H19N/c1-5-12-10-8-6-7-9-11(2,3)4/h6,8,12H,5,10H2,1-4H3. The van der Waals surface area contributed by atoms with Crippen LogP contribution in [0.2, 0.25) is 0 Å². The lowest BCUT2D eigenvalue weighted by atomic mass is 9.98. The summed E-state index contributed by atoms with van der Waals surface area (Å²) in [7, 11) is 0. The summed E-state index contributed by atoms with van der Waals surface area (Å²) >= 11 is 0. The molecule has 1 heteroatoms. The van der Waals surface area contributed by atoms with Crippen molar-refractivity contribution < 1.29 is 0 Å². The average molecular weight is 165 g/mol. The van der Waals surface area contributed by atoms with E-state index in [-0.39, 0.29) is 5.41 Å². The third kappa shape index (κ3) is 9.26. The van der Waals surface area contributed by atoms with Gasteiger partial charge in [0.15, 0.2) is 0 Å². The topological polar surface area (TPSA) is 12.0 Å². The van der Waals surface area contributed by atoms with E-state index in [4.69, 9.17) is 0 Å². The van der Waals surface area contributed by atoms with Gasteiger partial charge in [-0.3, -0.25) is 0 Å². The van der Waals surface area contributed by atoms with Crippen molar-refractivity contribution in [1.82, 2.24) is 5.32 Å². The molecule has 0 saturated heterocycles. The van der Waals surface area contributed by atoms with Gasteiger partial charge in [0.1, 0.15) is 0 Å². The van der Waals surface area contributed by atoms with E-state index in [0.717, 1.165) is 13.1 Å². The zero-order valence-electron chi connectivity index (χ0n) is 8.57. The molecule has 0 aromatic carbocycles. The lowest BCUT2D eigenvalue weighted by Gasteiger charge is -2.05. The SMILES string of the molecule is CCNCC=CC#CC(C)(C)C. The van der Waals surface area contributed by atoms with Crippen LogP contribution in [0.15, 0.2) is 12.2 Å². The van der Waals surface area contributed by atoms with Gasteiger partial charge in [0.05, 0.1) is 0 Å². The minimum Gasteiger partial charge on any atom is -0.314 e. The lowest BCUT2D eigenvalue weighted by molar-refractivity contribution is 0.571. The minimum atomic E-state index is 0.114. The Morgan fingerprint density at radius 1 is 1.33 bits per heavy atom. The van der Waals surface area contributed by atoms with Crippen LogP contribution in [0.3, 0.4) is 0 Å². The Bertz CT molecular complexity index is 185. The fraction of sp³-hybridized carbons (Fsp3) is 0.636. The highest BCUT2D eigenvalue weighted by Gasteiger charge is 2.01. The van der Waals surface area contributed by atoms with E-state index in [1.54, 1.807) is 0 Å². The van der Waals surface area contributed by atoms with Crippen LogP contribution >= 0.6 is 0 Å². The maximum Gasteiger partial charge on any atom is 0.0233 e. The molecule has 0 atom stereocenters. The van der Waals surface area contributed by atoms with Crippen LogP contribution in [-0.2, 0) is 0 Å². The summed E-state index contributed by atoms with van der Waals surface area (Å²) in [4.78, 5) is 0. The Morgan fingerprint density at radius 3 is 2.50 bits per heavy atom. The fourth-order valence-electron chi connectivity index (χ4n) is 0.604. The van der Waals surface area contributed by atoms with Crippen LogP contribution < -0.4 is 5.32 Å². The molecule has 0 heterocycles. The van der Waals surface area contributed by atoms with Crippen LogP contribution in [0.5, 0.6) is 0 Å². The van der Waals surface area contributed by atoms with E-state index in [2.05, 4.69) is 44.9 Å². The quantitative estimate of drug-likeness (QED) is 0.499. The monoisotopic (exact) mass is 165 g/mol. The second-order valence-corrected chi connectivity index (χ2v) is 3.73. The summed E-state index contributed by atoms with van der Waals surface area (Å²) in [5.41, 5.74) is 0.114. The summed E-state index contributed by atoms with van der Waals surface area (Å²) in [5.74, 6) is 6.15. The first kappa shape index (κ1) is 11.3. The van der Waals surface area contributed by atoms with E-state index < -0.39 is 0 Å². The smallest absolute Gasteiger partial charge is 0.0233 e. The van der Waals surface area contributed by atoms with Gasteiger partial charge < -0.3 is 5.32 Å². The maximum absolute atomic E-state index is 3.19. The molecule has 0 aliphatic rings. The first-order valence-corrected chi connectivity index (χ1v) is 4.44. The Balaban J connectivity index is 3.63. The molecule has 0 aromatic heterocycles. The molecule has 0 saturated carbocycles. The molecule has 1 nitrogen and oxygen atoms in total. The molecule has 0 fully saturated rings. The van der Waals surface area contributed by atoms with Crippen molar-refractivity contribution >= 4 is 0 Å². The normalized spacial score (nSPS) is 11.3. The van der Waals surface area contributed by atoms with E-state index in [1.165, 1.54) is 0 Å². The van der Waals surface area contributed by atoms with Gasteiger partial charge in [-0.25, -0.2) is 0 Å². The summed E-state index contributed by atoms with van der Waals surface area (Å²) in [6.45, 7) is 10.3. The van der Waals surface area contributed by atoms with Crippen molar-refractivity contribution in [2.45, 2.75) is 27.7 Å². The van der Waals surface area contributed by atoms with E-state index >= 15 is 0 Å². The van der Waals surface area contributed by atoms with Gasteiger partial charge >= 0.3 is 0 Å². The molecule has 0 unspecified atom stereocenters. The number of rotatable bonds is 3. The average Bonchev–Trinajstić information content (AvgIpc) is 1.94. The van der Waals surface area contributed by atoms with Gasteiger partial charge in [0.2, 0.25) is 0 Å². The van der Waals surface area contributed by atoms with Crippen molar-refractivity contribution in [3.63, 3.8) is 0 Å². The summed E-state index contributed by atoms with van der Waals surface area (Å²) in [6, 6.07) is 0. The van der Waals surface area contributed by atoms with E-state index in [0.29, 0.717) is 0 Å². The highest BCUT2D eigenvalue weighted by molar-refractivity contribution is 5.19. The third-order valence-corrected chi connectivity index (χ3v) is 1.16. The molecule has 0 radical (unpaired) electrons. The van der Waals surface area contributed by atoms with Crippen molar-refractivity contribution in [3.8, 4) is 11.8 Å². The van der Waals surface area contributed by atoms with Crippen LogP contribution in [-0.4, -0.2) is 13.1 Å². The van der Waals surface area contributed by atoms with Crippen molar-refractivity contribution in [2.24, 2.45) is 5.41 Å². The number of nitrogens with one attached hydrogen (secondary N) is 1. The maximum atomic E-state index is 3.19. The van der Waals surface area contributed by atoms with E-state index in [1.807, 2.05) is 12.2 Å². The Hall–Kier alpha value is -0.740. The lowest BCUT2D eigenvalue weighted by Crippen LogP contribution is -2.11. The molecule has 0 aliphatic heterocycles. The summed E-state index contributed by atoms with van der Waals surface area (Å²) < 4.78 is 0. The number of hydrogen-bond acceptors (Lipinski definition) is 1. The number of allylic oxidation sites excluding steroid dienone is 1. The Kier molecular flexibility index (Phi) is 5.49. The van der Waals surface area contributed by atoms with Gasteiger partial charge in [-0.05, 0) is 33.4 Å². The van der Waals surface area contributed by atoms with Gasteiger partial charge in [0, 0.05) is 12.0 Å². The fourth-order valence-corrected chi connectivity index (χ4v) is 0.604. The van der Waals surface area contributed by atoms with E-state index in [9.17, 15) is 0 Å². The first-order valence-electron chi connectivity index (χ1n) is 4.44. The molecule has 68 valence electrons. The Labute approximate surface area is 76.2 Å². The van der Waals surface area contributed by atoms with Crippen LogP contribution in [0, 0.1) is 17.3 Å². The van der Waals surface area contributed by atoms with Crippen molar-refractivity contribution in [2.75, 3.05) is 13.1 Å². The van der Waals surface area contributed by atoms with Crippen molar-refractivity contribution in [1.29, 1.82) is 0 Å². The van der Waals surface area contributed by atoms with Crippen molar-refractivity contribution in [3.05, 3.63) is 12.2 Å². The van der Waals surface area contributed by atoms with Gasteiger partial charge in [-0.2, -0.15) is 0 Å².